The van der Waals surface area contributed by atoms with Crippen LogP contribution < -0.4 is 15.5 Å². The highest BCUT2D eigenvalue weighted by molar-refractivity contribution is 7.89. The van der Waals surface area contributed by atoms with Crippen molar-refractivity contribution in [2.45, 2.75) is 18.7 Å². The van der Waals surface area contributed by atoms with Crippen molar-refractivity contribution in [3.8, 4) is 0 Å². The van der Waals surface area contributed by atoms with Crippen LogP contribution in [0, 0.1) is 6.92 Å². The molecule has 2 N–H and O–H groups in total. The maximum Gasteiger partial charge on any atom is 0.216 e. The first kappa shape index (κ1) is 14.1. The normalized spacial score (nSPS) is 12.2. The van der Waals surface area contributed by atoms with Crippen LogP contribution in [-0.2, 0) is 16.2 Å². The summed E-state index contributed by atoms with van der Waals surface area (Å²) in [5.41, 5.74) is 2.31. The highest BCUT2D eigenvalue weighted by atomic mass is 32.2. The molecular formula is C11H17BN2O2S. The summed E-state index contributed by atoms with van der Waals surface area (Å²) in [7, 11) is 2.02. The summed E-state index contributed by atoms with van der Waals surface area (Å²) in [5.74, 6) is -0.0798. The Morgan fingerprint density at radius 1 is 1.47 bits per heavy atom. The van der Waals surface area contributed by atoms with Crippen LogP contribution in [0.15, 0.2) is 23.1 Å². The molecule has 4 nitrogen and oxygen atoms in total. The maximum atomic E-state index is 11.8. The molecule has 0 aliphatic heterocycles. The van der Waals surface area contributed by atoms with E-state index in [9.17, 15) is 9.35 Å². The molecular weight excluding hydrogens is 235 g/mol. The molecule has 0 heterocycles. The zero-order chi connectivity index (χ0) is 12.8. The maximum absolute atomic E-state index is 11.8. The van der Waals surface area contributed by atoms with Crippen LogP contribution in [0.2, 0.25) is 0 Å². The number of carbonyl (C=O) groups excluding carboxylic acids is 1. The summed E-state index contributed by atoms with van der Waals surface area (Å²) in [6.07, 6.45) is 0. The molecule has 92 valence electrons. The van der Waals surface area contributed by atoms with Gasteiger partial charge in [0.25, 0.3) is 0 Å². The number of hydrogen-bond donors (Lipinski definition) is 2. The van der Waals surface area contributed by atoms with Gasteiger partial charge in [0.1, 0.15) is 7.85 Å². The topological polar surface area (TPSA) is 64.2 Å². The van der Waals surface area contributed by atoms with E-state index >= 15 is 0 Å². The van der Waals surface area contributed by atoms with Crippen molar-refractivity contribution in [3.63, 3.8) is 0 Å². The smallest absolute Gasteiger partial charge is 0.216 e. The number of aryl methyl sites for hydroxylation is 1. The van der Waals surface area contributed by atoms with Crippen LogP contribution in [0.4, 0.5) is 0 Å². The fraction of sp³-hybridized carbons (Fsp3) is 0.364. The fourth-order valence-electron chi connectivity index (χ4n) is 1.29. The number of benzene rings is 1. The lowest BCUT2D eigenvalue weighted by molar-refractivity contribution is -0.118. The zero-order valence-electron chi connectivity index (χ0n) is 10.4. The fourth-order valence-corrected chi connectivity index (χ4v) is 2.22. The SMILES string of the molecule is Bc1ccc([S@+]([O-])NCCNC(C)=O)cc1C. The quantitative estimate of drug-likeness (QED) is 0.401. The lowest BCUT2D eigenvalue weighted by Gasteiger charge is -2.12. The Labute approximate surface area is 106 Å². The van der Waals surface area contributed by atoms with E-state index in [-0.39, 0.29) is 5.91 Å². The second-order valence-electron chi connectivity index (χ2n) is 3.89. The summed E-state index contributed by atoms with van der Waals surface area (Å²) in [6.45, 7) is 4.42. The van der Waals surface area contributed by atoms with Crippen LogP contribution in [0.3, 0.4) is 0 Å². The predicted molar refractivity (Wildman–Crippen MR) is 72.5 cm³/mol. The zero-order valence-corrected chi connectivity index (χ0v) is 11.2. The summed E-state index contributed by atoms with van der Waals surface area (Å²) in [4.78, 5) is 11.4. The minimum atomic E-state index is -1.22. The van der Waals surface area contributed by atoms with Crippen LogP contribution in [0.5, 0.6) is 0 Å². The molecule has 1 aromatic carbocycles. The highest BCUT2D eigenvalue weighted by Gasteiger charge is 2.11. The van der Waals surface area contributed by atoms with E-state index in [4.69, 9.17) is 0 Å². The number of nitrogens with one attached hydrogen (secondary N) is 2. The van der Waals surface area contributed by atoms with Gasteiger partial charge >= 0.3 is 0 Å². The molecule has 1 amide bonds. The Morgan fingerprint density at radius 2 is 2.18 bits per heavy atom. The van der Waals surface area contributed by atoms with Gasteiger partial charge in [-0.05, 0) is 19.1 Å². The van der Waals surface area contributed by atoms with Gasteiger partial charge < -0.3 is 9.87 Å². The molecule has 0 radical (unpaired) electrons. The van der Waals surface area contributed by atoms with E-state index in [1.807, 2.05) is 33.0 Å². The van der Waals surface area contributed by atoms with Crippen molar-refractivity contribution >= 4 is 30.6 Å². The Morgan fingerprint density at radius 3 is 2.76 bits per heavy atom. The van der Waals surface area contributed by atoms with Gasteiger partial charge in [-0.15, -0.1) is 4.72 Å². The first-order valence-corrected chi connectivity index (χ1v) is 6.62. The van der Waals surface area contributed by atoms with Crippen molar-refractivity contribution in [1.29, 1.82) is 0 Å². The molecule has 1 aromatic rings. The Balaban J connectivity index is 2.44. The second kappa shape index (κ2) is 6.69. The molecule has 0 aromatic heterocycles. The molecule has 0 bridgehead atoms. The number of rotatable bonds is 5. The first-order chi connectivity index (χ1) is 8.00. The third kappa shape index (κ3) is 4.81. The molecule has 0 saturated carbocycles. The summed E-state index contributed by atoms with van der Waals surface area (Å²) >= 11 is -1.22. The standard InChI is InChI=1S/C11H17BN2O2S/c1-8-7-10(3-4-11(8)12)17(16)14-6-5-13-9(2)15/h3-4,7,14H,5-6,12H2,1-2H3,(H,13,15)/t17-/m0/s1. The van der Waals surface area contributed by atoms with E-state index in [0.717, 1.165) is 10.5 Å². The summed E-state index contributed by atoms with van der Waals surface area (Å²) in [5, 5.41) is 2.64. The van der Waals surface area contributed by atoms with E-state index in [1.54, 1.807) is 0 Å². The van der Waals surface area contributed by atoms with Gasteiger partial charge in [-0.1, -0.05) is 17.1 Å². The van der Waals surface area contributed by atoms with Crippen molar-refractivity contribution in [3.05, 3.63) is 23.8 Å². The minimum Gasteiger partial charge on any atom is -0.593 e. The average molecular weight is 252 g/mol. The first-order valence-electron chi connectivity index (χ1n) is 5.47. The number of carbonyl (C=O) groups is 1. The molecule has 1 rings (SSSR count). The van der Waals surface area contributed by atoms with Gasteiger partial charge in [0.15, 0.2) is 4.90 Å². The molecule has 0 fully saturated rings. The Kier molecular flexibility index (Phi) is 5.54. The molecule has 0 aliphatic carbocycles. The molecule has 0 aliphatic rings. The number of amides is 1. The van der Waals surface area contributed by atoms with Crippen LogP contribution >= 0.6 is 0 Å². The molecule has 6 heteroatoms. The van der Waals surface area contributed by atoms with Gasteiger partial charge in [0, 0.05) is 13.5 Å². The van der Waals surface area contributed by atoms with E-state index < -0.39 is 11.4 Å². The minimum absolute atomic E-state index is 0.0798. The van der Waals surface area contributed by atoms with Crippen molar-refractivity contribution in [2.24, 2.45) is 0 Å². The van der Waals surface area contributed by atoms with Crippen LogP contribution in [0.25, 0.3) is 0 Å². The highest BCUT2D eigenvalue weighted by Crippen LogP contribution is 2.08. The van der Waals surface area contributed by atoms with Gasteiger partial charge in [0.2, 0.25) is 5.91 Å². The summed E-state index contributed by atoms with van der Waals surface area (Å²) < 4.78 is 14.7. The lowest BCUT2D eigenvalue weighted by atomic mass is 9.92. The number of hydrogen-bond acceptors (Lipinski definition) is 3. The van der Waals surface area contributed by atoms with Gasteiger partial charge in [-0.25, -0.2) is 0 Å². The van der Waals surface area contributed by atoms with Gasteiger partial charge in [-0.2, -0.15) is 0 Å². The largest absolute Gasteiger partial charge is 0.593 e. The molecule has 0 spiro atoms. The second-order valence-corrected chi connectivity index (χ2v) is 5.19. The molecule has 17 heavy (non-hydrogen) atoms. The van der Waals surface area contributed by atoms with Crippen molar-refractivity contribution in [2.75, 3.05) is 13.1 Å². The molecule has 0 saturated heterocycles. The van der Waals surface area contributed by atoms with Gasteiger partial charge in [-0.3, -0.25) is 4.79 Å². The Bertz CT molecular complexity index is 401. The third-order valence-corrected chi connectivity index (χ3v) is 3.57. The van der Waals surface area contributed by atoms with Crippen LogP contribution in [0.1, 0.15) is 12.5 Å². The van der Waals surface area contributed by atoms with Crippen LogP contribution in [-0.4, -0.2) is 31.4 Å². The van der Waals surface area contributed by atoms with E-state index in [1.165, 1.54) is 12.4 Å². The van der Waals surface area contributed by atoms with E-state index in [2.05, 4.69) is 10.0 Å². The molecule has 1 atom stereocenters. The predicted octanol–water partition coefficient (Wildman–Crippen LogP) is -0.998. The van der Waals surface area contributed by atoms with Crippen molar-refractivity contribution < 1.29 is 9.35 Å². The average Bonchev–Trinajstić information content (AvgIpc) is 2.27. The monoisotopic (exact) mass is 252 g/mol. The lowest BCUT2D eigenvalue weighted by Crippen LogP contribution is -2.33. The van der Waals surface area contributed by atoms with Crippen molar-refractivity contribution in [1.82, 2.24) is 10.0 Å². The third-order valence-electron chi connectivity index (χ3n) is 2.42. The molecule has 0 unspecified atom stereocenters. The van der Waals surface area contributed by atoms with Gasteiger partial charge in [0.05, 0.1) is 17.9 Å². The summed E-state index contributed by atoms with van der Waals surface area (Å²) in [6, 6.07) is 5.72. The Hall–Kier alpha value is -0.975. The van der Waals surface area contributed by atoms with E-state index in [0.29, 0.717) is 13.1 Å².